The number of nitrogens with zero attached hydrogens (tertiary/aromatic N) is 2. The summed E-state index contributed by atoms with van der Waals surface area (Å²) in [6.07, 6.45) is 1.54. The number of carbonyl (C=O) groups excluding carboxylic acids is 2. The number of hydrogen-bond acceptors (Lipinski definition) is 6. The highest BCUT2D eigenvalue weighted by Gasteiger charge is 2.15. The third kappa shape index (κ3) is 3.72. The number of fused-ring (bicyclic) bond motifs is 1. The molecule has 0 atom stereocenters. The van der Waals surface area contributed by atoms with Crippen LogP contribution in [-0.2, 0) is 11.2 Å². The van der Waals surface area contributed by atoms with Gasteiger partial charge in [-0.05, 0) is 25.1 Å². The van der Waals surface area contributed by atoms with E-state index in [1.165, 1.54) is 17.6 Å². The Hall–Kier alpha value is -3.46. The standard InChI is InChI=1S/C18H15N5O3S/c1-10-12(6-7-26-10)16(25)23-18-19-11(9-27-18)8-15(24)22-17-20-13-4-2-3-5-14(13)21-17/h2-7,9H,8H2,1H3,(H,19,23,25)(H2,20,21,22,24). The van der Waals surface area contributed by atoms with Crippen molar-refractivity contribution in [2.45, 2.75) is 13.3 Å². The van der Waals surface area contributed by atoms with Gasteiger partial charge in [-0.2, -0.15) is 0 Å². The SMILES string of the molecule is Cc1occc1C(=O)Nc1nc(CC(=O)Nc2nc3ccccc3[nH]2)cs1. The highest BCUT2D eigenvalue weighted by atomic mass is 32.1. The smallest absolute Gasteiger partial charge is 0.260 e. The van der Waals surface area contributed by atoms with Crippen LogP contribution < -0.4 is 10.6 Å². The van der Waals surface area contributed by atoms with Crippen LogP contribution in [0.3, 0.4) is 0 Å². The van der Waals surface area contributed by atoms with E-state index in [0.717, 1.165) is 11.0 Å². The first-order chi connectivity index (χ1) is 13.1. The van der Waals surface area contributed by atoms with Gasteiger partial charge in [0.1, 0.15) is 5.76 Å². The quantitative estimate of drug-likeness (QED) is 0.491. The van der Waals surface area contributed by atoms with E-state index in [1.807, 2.05) is 24.3 Å². The van der Waals surface area contributed by atoms with Crippen LogP contribution in [0.1, 0.15) is 21.8 Å². The average Bonchev–Trinajstić information content (AvgIpc) is 3.34. The number of anilines is 2. The van der Waals surface area contributed by atoms with E-state index in [2.05, 4.69) is 25.6 Å². The molecule has 0 radical (unpaired) electrons. The number of furan rings is 1. The van der Waals surface area contributed by atoms with E-state index in [1.54, 1.807) is 18.4 Å². The van der Waals surface area contributed by atoms with Crippen molar-refractivity contribution in [3.05, 3.63) is 59.0 Å². The van der Waals surface area contributed by atoms with E-state index in [0.29, 0.717) is 28.1 Å². The molecule has 27 heavy (non-hydrogen) atoms. The van der Waals surface area contributed by atoms with Gasteiger partial charge in [0.25, 0.3) is 5.91 Å². The van der Waals surface area contributed by atoms with Gasteiger partial charge in [0.2, 0.25) is 11.9 Å². The predicted octanol–water partition coefficient (Wildman–Crippen LogP) is 3.35. The number of nitrogens with one attached hydrogen (secondary N) is 3. The number of aromatic amines is 1. The van der Waals surface area contributed by atoms with Crippen molar-refractivity contribution in [2.75, 3.05) is 10.6 Å². The van der Waals surface area contributed by atoms with Crippen LogP contribution >= 0.6 is 11.3 Å². The number of imidazole rings is 1. The largest absolute Gasteiger partial charge is 0.469 e. The van der Waals surface area contributed by atoms with Crippen molar-refractivity contribution in [1.82, 2.24) is 15.0 Å². The second kappa shape index (κ2) is 7.04. The Bertz CT molecular complexity index is 1090. The highest BCUT2D eigenvalue weighted by Crippen LogP contribution is 2.19. The Kier molecular flexibility index (Phi) is 4.43. The van der Waals surface area contributed by atoms with Crippen molar-refractivity contribution in [2.24, 2.45) is 0 Å². The molecule has 0 bridgehead atoms. The molecule has 9 heteroatoms. The maximum absolute atomic E-state index is 12.2. The summed E-state index contributed by atoms with van der Waals surface area (Å²) in [5.41, 5.74) is 2.64. The molecule has 0 spiro atoms. The summed E-state index contributed by atoms with van der Waals surface area (Å²) in [5.74, 6) is 0.381. The van der Waals surface area contributed by atoms with E-state index < -0.39 is 0 Å². The van der Waals surface area contributed by atoms with Crippen LogP contribution in [-0.4, -0.2) is 26.8 Å². The van der Waals surface area contributed by atoms with Gasteiger partial charge in [-0.3, -0.25) is 20.2 Å². The van der Waals surface area contributed by atoms with Crippen LogP contribution in [0.25, 0.3) is 11.0 Å². The summed E-state index contributed by atoms with van der Waals surface area (Å²) < 4.78 is 5.12. The Labute approximate surface area is 157 Å². The first kappa shape index (κ1) is 17.0. The number of aromatic nitrogens is 3. The lowest BCUT2D eigenvalue weighted by molar-refractivity contribution is -0.115. The number of rotatable bonds is 5. The third-order valence-electron chi connectivity index (χ3n) is 3.86. The van der Waals surface area contributed by atoms with E-state index in [-0.39, 0.29) is 18.2 Å². The number of H-pyrrole nitrogens is 1. The zero-order valence-corrected chi connectivity index (χ0v) is 15.1. The lowest BCUT2D eigenvalue weighted by Crippen LogP contribution is -2.16. The van der Waals surface area contributed by atoms with Crippen LogP contribution in [0.5, 0.6) is 0 Å². The fourth-order valence-corrected chi connectivity index (χ4v) is 3.29. The van der Waals surface area contributed by atoms with Crippen molar-refractivity contribution in [1.29, 1.82) is 0 Å². The van der Waals surface area contributed by atoms with Crippen LogP contribution in [0.4, 0.5) is 11.1 Å². The lowest BCUT2D eigenvalue weighted by atomic mass is 10.2. The number of aryl methyl sites for hydroxylation is 1. The summed E-state index contributed by atoms with van der Waals surface area (Å²) >= 11 is 1.26. The molecule has 4 aromatic rings. The van der Waals surface area contributed by atoms with Gasteiger partial charge >= 0.3 is 0 Å². The fourth-order valence-electron chi connectivity index (χ4n) is 2.58. The molecule has 4 rings (SSSR count). The summed E-state index contributed by atoms with van der Waals surface area (Å²) in [7, 11) is 0. The summed E-state index contributed by atoms with van der Waals surface area (Å²) in [6.45, 7) is 1.71. The third-order valence-corrected chi connectivity index (χ3v) is 4.67. The number of amides is 2. The number of benzene rings is 1. The van der Waals surface area contributed by atoms with Gasteiger partial charge in [-0.25, -0.2) is 9.97 Å². The maximum atomic E-state index is 12.2. The molecule has 0 aliphatic heterocycles. The minimum Gasteiger partial charge on any atom is -0.469 e. The second-order valence-corrected chi connectivity index (χ2v) is 6.67. The summed E-state index contributed by atoms with van der Waals surface area (Å²) in [4.78, 5) is 36.0. The minimum atomic E-state index is -0.297. The van der Waals surface area contributed by atoms with Crippen molar-refractivity contribution in [3.8, 4) is 0 Å². The van der Waals surface area contributed by atoms with Gasteiger partial charge in [-0.15, -0.1) is 11.3 Å². The maximum Gasteiger partial charge on any atom is 0.260 e. The van der Waals surface area contributed by atoms with Gasteiger partial charge in [0.05, 0.1) is 35.0 Å². The molecule has 3 N–H and O–H groups in total. The number of para-hydroxylation sites is 2. The van der Waals surface area contributed by atoms with Crippen LogP contribution in [0.15, 0.2) is 46.4 Å². The van der Waals surface area contributed by atoms with Crippen molar-refractivity contribution in [3.63, 3.8) is 0 Å². The molecule has 1 aromatic carbocycles. The molecule has 3 heterocycles. The molecular weight excluding hydrogens is 366 g/mol. The van der Waals surface area contributed by atoms with Gasteiger partial charge < -0.3 is 9.40 Å². The predicted molar refractivity (Wildman–Crippen MR) is 102 cm³/mol. The molecule has 0 saturated carbocycles. The second-order valence-electron chi connectivity index (χ2n) is 5.82. The fraction of sp³-hybridized carbons (Fsp3) is 0.111. The van der Waals surface area contributed by atoms with Gasteiger partial charge in [-0.1, -0.05) is 12.1 Å². The monoisotopic (exact) mass is 381 g/mol. The molecule has 136 valence electrons. The molecule has 0 aliphatic carbocycles. The van der Waals surface area contributed by atoms with E-state index in [4.69, 9.17) is 4.42 Å². The van der Waals surface area contributed by atoms with Crippen LogP contribution in [0, 0.1) is 6.92 Å². The first-order valence-electron chi connectivity index (χ1n) is 8.13. The molecule has 8 nitrogen and oxygen atoms in total. The average molecular weight is 381 g/mol. The van der Waals surface area contributed by atoms with E-state index >= 15 is 0 Å². The molecule has 3 aromatic heterocycles. The zero-order chi connectivity index (χ0) is 18.8. The Morgan fingerprint density at radius 3 is 2.81 bits per heavy atom. The summed E-state index contributed by atoms with van der Waals surface area (Å²) in [5, 5.41) is 7.58. The number of hydrogen-bond donors (Lipinski definition) is 3. The van der Waals surface area contributed by atoms with Gasteiger partial charge in [0, 0.05) is 5.38 Å². The molecule has 0 saturated heterocycles. The normalized spacial score (nSPS) is 10.9. The number of carbonyl (C=O) groups is 2. The molecule has 0 aliphatic rings. The molecular formula is C18H15N5O3S. The Morgan fingerprint density at radius 2 is 2.04 bits per heavy atom. The minimum absolute atomic E-state index is 0.0775. The molecule has 0 fully saturated rings. The Balaban J connectivity index is 1.37. The lowest BCUT2D eigenvalue weighted by Gasteiger charge is -2.00. The van der Waals surface area contributed by atoms with Gasteiger partial charge in [0.15, 0.2) is 5.13 Å². The number of thiazole rings is 1. The zero-order valence-electron chi connectivity index (χ0n) is 14.3. The van der Waals surface area contributed by atoms with Crippen molar-refractivity contribution < 1.29 is 14.0 Å². The highest BCUT2D eigenvalue weighted by molar-refractivity contribution is 7.14. The molecule has 0 unspecified atom stereocenters. The Morgan fingerprint density at radius 1 is 1.19 bits per heavy atom. The van der Waals surface area contributed by atoms with E-state index in [9.17, 15) is 9.59 Å². The van der Waals surface area contributed by atoms with Crippen LogP contribution in [0.2, 0.25) is 0 Å². The summed E-state index contributed by atoms with van der Waals surface area (Å²) in [6, 6.07) is 9.11. The topological polar surface area (TPSA) is 113 Å². The van der Waals surface area contributed by atoms with Crippen molar-refractivity contribution >= 4 is 45.3 Å². The molecule has 2 amide bonds. The first-order valence-corrected chi connectivity index (χ1v) is 9.01.